The molecular weight excluding hydrogens is 288 g/mol. The minimum atomic E-state index is -0.966. The molecule has 0 aliphatic rings. The van der Waals surface area contributed by atoms with Crippen LogP contribution in [0.15, 0.2) is 22.7 Å². The molecule has 1 heterocycles. The summed E-state index contributed by atoms with van der Waals surface area (Å²) >= 11 is 3.41. The maximum Gasteiger partial charge on any atom is 0.311 e. The maximum atomic E-state index is 10.7. The number of rotatable bonds is 3. The van der Waals surface area contributed by atoms with E-state index in [0.29, 0.717) is 5.82 Å². The number of aliphatic carboxylic acids is 1. The quantitative estimate of drug-likeness (QED) is 0.925. The molecule has 17 heavy (non-hydrogen) atoms. The molecular formula is C10H9BrN4O2. The Morgan fingerprint density at radius 3 is 2.94 bits per heavy atom. The second-order valence-corrected chi connectivity index (χ2v) is 4.37. The van der Waals surface area contributed by atoms with Gasteiger partial charge in [0.25, 0.3) is 0 Å². The molecule has 0 unspecified atom stereocenters. The molecule has 6 nitrogen and oxygen atoms in total. The first kappa shape index (κ1) is 11.7. The summed E-state index contributed by atoms with van der Waals surface area (Å²) in [5.74, 6) is -0.666. The minimum Gasteiger partial charge on any atom is -0.481 e. The topological polar surface area (TPSA) is 80.9 Å². The van der Waals surface area contributed by atoms with Crippen molar-refractivity contribution in [1.82, 2.24) is 20.2 Å². The summed E-state index contributed by atoms with van der Waals surface area (Å²) in [5, 5.41) is 19.7. The van der Waals surface area contributed by atoms with E-state index in [1.807, 2.05) is 25.1 Å². The van der Waals surface area contributed by atoms with Crippen LogP contribution in [0.25, 0.3) is 5.69 Å². The maximum absolute atomic E-state index is 10.7. The van der Waals surface area contributed by atoms with E-state index in [0.717, 1.165) is 15.7 Å². The van der Waals surface area contributed by atoms with Crippen LogP contribution < -0.4 is 0 Å². The lowest BCUT2D eigenvalue weighted by Crippen LogP contribution is -2.09. The molecule has 0 bridgehead atoms. The van der Waals surface area contributed by atoms with Gasteiger partial charge >= 0.3 is 5.97 Å². The Labute approximate surface area is 105 Å². The van der Waals surface area contributed by atoms with Crippen LogP contribution in [-0.2, 0) is 11.2 Å². The molecule has 0 atom stereocenters. The van der Waals surface area contributed by atoms with Gasteiger partial charge in [0, 0.05) is 4.47 Å². The van der Waals surface area contributed by atoms with E-state index in [1.165, 1.54) is 4.68 Å². The van der Waals surface area contributed by atoms with E-state index in [2.05, 4.69) is 31.5 Å². The van der Waals surface area contributed by atoms with Crippen molar-refractivity contribution in [2.45, 2.75) is 13.3 Å². The first-order chi connectivity index (χ1) is 8.08. The van der Waals surface area contributed by atoms with E-state index in [1.54, 1.807) is 0 Å². The zero-order valence-corrected chi connectivity index (χ0v) is 10.5. The third kappa shape index (κ3) is 2.50. The van der Waals surface area contributed by atoms with Gasteiger partial charge in [0.2, 0.25) is 0 Å². The average Bonchev–Trinajstić information content (AvgIpc) is 2.69. The van der Waals surface area contributed by atoms with Gasteiger partial charge in [-0.25, -0.2) is 0 Å². The number of aryl methyl sites for hydroxylation is 1. The Morgan fingerprint density at radius 2 is 2.29 bits per heavy atom. The number of hydrogen-bond acceptors (Lipinski definition) is 4. The van der Waals surface area contributed by atoms with Crippen LogP contribution in [0.4, 0.5) is 0 Å². The zero-order chi connectivity index (χ0) is 12.4. The summed E-state index contributed by atoms with van der Waals surface area (Å²) in [6.45, 7) is 1.96. The van der Waals surface area contributed by atoms with Crippen molar-refractivity contribution in [2.24, 2.45) is 0 Å². The van der Waals surface area contributed by atoms with Crippen molar-refractivity contribution in [3.8, 4) is 5.69 Å². The van der Waals surface area contributed by atoms with Crippen molar-refractivity contribution in [1.29, 1.82) is 0 Å². The highest BCUT2D eigenvalue weighted by atomic mass is 79.9. The lowest BCUT2D eigenvalue weighted by atomic mass is 10.2. The summed E-state index contributed by atoms with van der Waals surface area (Å²) in [6.07, 6.45) is -0.210. The third-order valence-corrected chi connectivity index (χ3v) is 3.10. The van der Waals surface area contributed by atoms with Gasteiger partial charge in [-0.2, -0.15) is 4.68 Å². The Bertz CT molecular complexity index is 567. The van der Waals surface area contributed by atoms with Crippen LogP contribution in [0, 0.1) is 6.92 Å². The van der Waals surface area contributed by atoms with Crippen LogP contribution in [0.1, 0.15) is 11.4 Å². The smallest absolute Gasteiger partial charge is 0.311 e. The molecule has 88 valence electrons. The highest BCUT2D eigenvalue weighted by Gasteiger charge is 2.12. The Hall–Kier alpha value is -1.76. The van der Waals surface area contributed by atoms with Gasteiger partial charge < -0.3 is 5.11 Å². The molecule has 0 fully saturated rings. The monoisotopic (exact) mass is 296 g/mol. The van der Waals surface area contributed by atoms with E-state index in [-0.39, 0.29) is 6.42 Å². The lowest BCUT2D eigenvalue weighted by molar-refractivity contribution is -0.136. The Kier molecular flexibility index (Phi) is 3.19. The van der Waals surface area contributed by atoms with Crippen molar-refractivity contribution >= 4 is 21.9 Å². The van der Waals surface area contributed by atoms with Crippen molar-refractivity contribution in [2.75, 3.05) is 0 Å². The van der Waals surface area contributed by atoms with Crippen LogP contribution in [0.3, 0.4) is 0 Å². The molecule has 1 aromatic carbocycles. The highest BCUT2D eigenvalue weighted by molar-refractivity contribution is 9.10. The predicted molar refractivity (Wildman–Crippen MR) is 62.9 cm³/mol. The largest absolute Gasteiger partial charge is 0.481 e. The normalized spacial score (nSPS) is 10.5. The van der Waals surface area contributed by atoms with Gasteiger partial charge in [-0.3, -0.25) is 4.79 Å². The van der Waals surface area contributed by atoms with Crippen LogP contribution in [0.5, 0.6) is 0 Å². The van der Waals surface area contributed by atoms with Crippen molar-refractivity contribution in [3.05, 3.63) is 34.1 Å². The molecule has 0 aliphatic carbocycles. The molecule has 0 saturated carbocycles. The van der Waals surface area contributed by atoms with Gasteiger partial charge in [-0.1, -0.05) is 22.0 Å². The van der Waals surface area contributed by atoms with Crippen molar-refractivity contribution in [3.63, 3.8) is 0 Å². The molecule has 0 aliphatic heterocycles. The first-order valence-corrected chi connectivity index (χ1v) is 5.63. The fourth-order valence-electron chi connectivity index (χ4n) is 1.37. The molecule has 0 saturated heterocycles. The molecule has 0 radical (unpaired) electrons. The van der Waals surface area contributed by atoms with Gasteiger partial charge in [0.15, 0.2) is 5.82 Å². The van der Waals surface area contributed by atoms with Gasteiger partial charge in [-0.05, 0) is 35.0 Å². The van der Waals surface area contributed by atoms with Gasteiger partial charge in [0.1, 0.15) is 6.42 Å². The van der Waals surface area contributed by atoms with Crippen LogP contribution >= 0.6 is 15.9 Å². The van der Waals surface area contributed by atoms with Crippen LogP contribution in [0.2, 0.25) is 0 Å². The second-order valence-electron chi connectivity index (χ2n) is 3.51. The molecule has 0 amide bonds. The highest BCUT2D eigenvalue weighted by Crippen LogP contribution is 2.20. The summed E-state index contributed by atoms with van der Waals surface area (Å²) < 4.78 is 2.34. The molecule has 0 spiro atoms. The van der Waals surface area contributed by atoms with Gasteiger partial charge in [0.05, 0.1) is 5.69 Å². The van der Waals surface area contributed by atoms with Crippen LogP contribution in [-0.4, -0.2) is 31.3 Å². The fraction of sp³-hybridized carbons (Fsp3) is 0.200. The number of carbonyl (C=O) groups is 1. The predicted octanol–water partition coefficient (Wildman–Crippen LogP) is 1.36. The second kappa shape index (κ2) is 4.62. The molecule has 1 N–H and O–H groups in total. The molecule has 1 aromatic heterocycles. The zero-order valence-electron chi connectivity index (χ0n) is 8.96. The Balaban J connectivity index is 2.42. The number of aromatic nitrogens is 4. The van der Waals surface area contributed by atoms with Gasteiger partial charge in [-0.15, -0.1) is 5.10 Å². The average molecular weight is 297 g/mol. The summed E-state index contributed by atoms with van der Waals surface area (Å²) in [4.78, 5) is 10.7. The standard InChI is InChI=1S/C10H9BrN4O2/c1-6-2-3-7(4-8(6)11)15-9(5-10(16)17)12-13-14-15/h2-4H,5H2,1H3,(H,16,17). The SMILES string of the molecule is Cc1ccc(-n2nnnc2CC(=O)O)cc1Br. The van der Waals surface area contributed by atoms with E-state index >= 15 is 0 Å². The van der Waals surface area contributed by atoms with E-state index in [4.69, 9.17) is 5.11 Å². The fourth-order valence-corrected chi connectivity index (χ4v) is 1.73. The lowest BCUT2D eigenvalue weighted by Gasteiger charge is -2.05. The number of tetrazole rings is 1. The summed E-state index contributed by atoms with van der Waals surface area (Å²) in [5.41, 5.74) is 1.81. The number of benzene rings is 1. The van der Waals surface area contributed by atoms with E-state index < -0.39 is 5.97 Å². The number of nitrogens with zero attached hydrogens (tertiary/aromatic N) is 4. The minimum absolute atomic E-state index is 0.210. The summed E-state index contributed by atoms with van der Waals surface area (Å²) in [6, 6.07) is 5.59. The number of carboxylic acid groups (broad SMARTS) is 1. The number of halogens is 1. The first-order valence-electron chi connectivity index (χ1n) is 4.83. The molecule has 2 aromatic rings. The third-order valence-electron chi connectivity index (χ3n) is 2.24. The molecule has 2 rings (SSSR count). The van der Waals surface area contributed by atoms with E-state index in [9.17, 15) is 4.79 Å². The Morgan fingerprint density at radius 1 is 1.53 bits per heavy atom. The van der Waals surface area contributed by atoms with Crippen molar-refractivity contribution < 1.29 is 9.90 Å². The number of hydrogen-bond donors (Lipinski definition) is 1. The molecule has 7 heteroatoms. The summed E-state index contributed by atoms with van der Waals surface area (Å²) in [7, 11) is 0. The number of carboxylic acids is 1.